The number of thiocarbonyl (C=S) groups is 1. The van der Waals surface area contributed by atoms with Crippen LogP contribution in [-0.2, 0) is 0 Å². The number of fused-ring (bicyclic) bond motifs is 3. The number of aromatic nitrogens is 2. The zero-order valence-electron chi connectivity index (χ0n) is 15.0. The summed E-state index contributed by atoms with van der Waals surface area (Å²) in [7, 11) is 0. The van der Waals surface area contributed by atoms with Gasteiger partial charge in [0.1, 0.15) is 16.9 Å². The number of furan rings is 1. The number of nitrogens with zero attached hydrogens (tertiary/aromatic N) is 2. The first kappa shape index (κ1) is 17.9. The Morgan fingerprint density at radius 1 is 1.25 bits per heavy atom. The van der Waals surface area contributed by atoms with Crippen molar-refractivity contribution in [3.05, 3.63) is 64.4 Å². The molecule has 2 heterocycles. The molecular weight excluding hydrogens is 374 g/mol. The molecule has 4 rings (SSSR count). The summed E-state index contributed by atoms with van der Waals surface area (Å²) in [5.74, 6) is 0.485. The maximum atomic E-state index is 12.4. The molecule has 0 aliphatic carbocycles. The Kier molecular flexibility index (Phi) is 4.86. The topological polar surface area (TPSA) is 95.3 Å². The summed E-state index contributed by atoms with van der Waals surface area (Å²) in [4.78, 5) is 19.8. The number of hydrogen-bond donors (Lipinski definition) is 3. The van der Waals surface area contributed by atoms with Crippen molar-refractivity contribution in [3.63, 3.8) is 0 Å². The lowest BCUT2D eigenvalue weighted by atomic mass is 10.1. The minimum atomic E-state index is -0.303. The number of rotatable bonds is 4. The molecule has 0 aliphatic heterocycles. The maximum absolute atomic E-state index is 12.4. The van der Waals surface area contributed by atoms with Crippen LogP contribution in [0.5, 0.6) is 0 Å². The summed E-state index contributed by atoms with van der Waals surface area (Å²) < 4.78 is 5.63. The van der Waals surface area contributed by atoms with Gasteiger partial charge < -0.3 is 14.7 Å². The van der Waals surface area contributed by atoms with Crippen LogP contribution in [0, 0.1) is 0 Å². The average Bonchev–Trinajstić information content (AvgIpc) is 3.08. The van der Waals surface area contributed by atoms with E-state index in [9.17, 15) is 4.79 Å². The van der Waals surface area contributed by atoms with Crippen molar-refractivity contribution in [2.45, 2.75) is 6.92 Å². The summed E-state index contributed by atoms with van der Waals surface area (Å²) in [6.45, 7) is 2.69. The number of hydrazone groups is 1. The van der Waals surface area contributed by atoms with Gasteiger partial charge in [0.15, 0.2) is 5.11 Å². The van der Waals surface area contributed by atoms with Crippen LogP contribution in [0.1, 0.15) is 12.5 Å². The minimum absolute atomic E-state index is 0.233. The third kappa shape index (κ3) is 3.49. The van der Waals surface area contributed by atoms with Gasteiger partial charge in [0.25, 0.3) is 5.56 Å². The number of para-hydroxylation sites is 1. The number of nitrogens with one attached hydrogen (secondary N) is 3. The summed E-state index contributed by atoms with van der Waals surface area (Å²) in [6.07, 6.45) is 1.66. The van der Waals surface area contributed by atoms with E-state index in [4.69, 9.17) is 16.6 Å². The Morgan fingerprint density at radius 2 is 2.04 bits per heavy atom. The van der Waals surface area contributed by atoms with Crippen molar-refractivity contribution in [1.29, 1.82) is 0 Å². The first-order valence-corrected chi connectivity index (χ1v) is 9.15. The Bertz CT molecular complexity index is 1240. The van der Waals surface area contributed by atoms with Gasteiger partial charge in [0.05, 0.1) is 6.21 Å². The second kappa shape index (κ2) is 7.61. The molecule has 0 bridgehead atoms. The molecule has 0 amide bonds. The van der Waals surface area contributed by atoms with Gasteiger partial charge in [-0.1, -0.05) is 36.4 Å². The molecule has 2 aromatic heterocycles. The van der Waals surface area contributed by atoms with Gasteiger partial charge in [-0.2, -0.15) is 5.10 Å². The van der Waals surface area contributed by atoms with Crippen LogP contribution in [-0.4, -0.2) is 27.8 Å². The monoisotopic (exact) mass is 391 g/mol. The second-order valence-electron chi connectivity index (χ2n) is 6.04. The highest BCUT2D eigenvalue weighted by Crippen LogP contribution is 2.26. The van der Waals surface area contributed by atoms with E-state index >= 15 is 0 Å². The number of aromatic amines is 1. The van der Waals surface area contributed by atoms with Crippen LogP contribution in [0.4, 0.5) is 0 Å². The van der Waals surface area contributed by atoms with E-state index in [0.29, 0.717) is 22.0 Å². The van der Waals surface area contributed by atoms with E-state index in [1.54, 1.807) is 6.21 Å². The van der Waals surface area contributed by atoms with Gasteiger partial charge in [0.2, 0.25) is 5.58 Å². The fraction of sp³-hybridized carbons (Fsp3) is 0.100. The lowest BCUT2D eigenvalue weighted by Crippen LogP contribution is -2.31. The molecule has 0 spiro atoms. The van der Waals surface area contributed by atoms with Crippen LogP contribution in [0.15, 0.2) is 62.8 Å². The van der Waals surface area contributed by atoms with Gasteiger partial charge in [-0.25, -0.2) is 4.98 Å². The molecule has 0 atom stereocenters. The molecule has 4 aromatic rings. The van der Waals surface area contributed by atoms with Crippen molar-refractivity contribution in [2.75, 3.05) is 6.54 Å². The highest BCUT2D eigenvalue weighted by Gasteiger charge is 2.13. The first-order chi connectivity index (χ1) is 13.7. The SMILES string of the molecule is CCNC(=S)N/N=C/c1ccc(-c2nc3c(oc4ccccc43)c(=O)[nH]2)cc1. The third-order valence-electron chi connectivity index (χ3n) is 4.13. The molecular formula is C20H17N5O2S. The lowest BCUT2D eigenvalue weighted by Gasteiger charge is -2.03. The van der Waals surface area contributed by atoms with Gasteiger partial charge >= 0.3 is 0 Å². The van der Waals surface area contributed by atoms with Crippen molar-refractivity contribution < 1.29 is 4.42 Å². The fourth-order valence-electron chi connectivity index (χ4n) is 2.83. The summed E-state index contributed by atoms with van der Waals surface area (Å²) in [5.41, 5.74) is 5.54. The second-order valence-corrected chi connectivity index (χ2v) is 6.45. The normalized spacial score (nSPS) is 11.3. The van der Waals surface area contributed by atoms with E-state index in [0.717, 1.165) is 23.1 Å². The Balaban J connectivity index is 1.63. The molecule has 0 aliphatic rings. The van der Waals surface area contributed by atoms with Gasteiger partial charge in [0, 0.05) is 17.5 Å². The van der Waals surface area contributed by atoms with E-state index in [-0.39, 0.29) is 11.1 Å². The number of hydrogen-bond acceptors (Lipinski definition) is 5. The molecule has 0 saturated heterocycles. The number of benzene rings is 2. The Labute approximate surface area is 165 Å². The predicted molar refractivity (Wildman–Crippen MR) is 115 cm³/mol. The van der Waals surface area contributed by atoms with Crippen LogP contribution in [0.2, 0.25) is 0 Å². The standard InChI is InChI=1S/C20H17N5O2S/c1-2-21-20(28)25-22-11-12-7-9-13(10-8-12)18-23-16-14-5-3-4-6-15(14)27-17(16)19(26)24-18/h3-11H,2H2,1H3,(H2,21,25,28)(H,23,24,26)/b22-11+. The van der Waals surface area contributed by atoms with Crippen molar-refractivity contribution in [3.8, 4) is 11.4 Å². The molecule has 2 aromatic carbocycles. The molecule has 3 N–H and O–H groups in total. The molecule has 7 nitrogen and oxygen atoms in total. The van der Waals surface area contributed by atoms with Gasteiger partial charge in [-0.05, 0) is 36.8 Å². The molecule has 0 fully saturated rings. The summed E-state index contributed by atoms with van der Waals surface area (Å²) in [6, 6.07) is 15.0. The molecule has 140 valence electrons. The highest BCUT2D eigenvalue weighted by atomic mass is 32.1. The Morgan fingerprint density at radius 3 is 2.82 bits per heavy atom. The van der Waals surface area contributed by atoms with Crippen molar-refractivity contribution in [1.82, 2.24) is 20.7 Å². The largest absolute Gasteiger partial charge is 0.449 e. The molecule has 8 heteroatoms. The average molecular weight is 391 g/mol. The van der Waals surface area contributed by atoms with Crippen LogP contribution < -0.4 is 16.3 Å². The van der Waals surface area contributed by atoms with E-state index in [2.05, 4.69) is 25.8 Å². The summed E-state index contributed by atoms with van der Waals surface area (Å²) in [5, 5.41) is 8.32. The number of H-pyrrole nitrogens is 1. The smallest absolute Gasteiger partial charge is 0.294 e. The van der Waals surface area contributed by atoms with Crippen LogP contribution in [0.3, 0.4) is 0 Å². The van der Waals surface area contributed by atoms with Gasteiger partial charge in [-0.3, -0.25) is 10.2 Å². The Hall–Kier alpha value is -3.52. The zero-order valence-corrected chi connectivity index (χ0v) is 15.8. The molecule has 0 saturated carbocycles. The minimum Gasteiger partial charge on any atom is -0.449 e. The molecule has 0 unspecified atom stereocenters. The van der Waals surface area contributed by atoms with Crippen LogP contribution >= 0.6 is 12.2 Å². The predicted octanol–water partition coefficient (Wildman–Crippen LogP) is 3.15. The van der Waals surface area contributed by atoms with Crippen LogP contribution in [0.25, 0.3) is 33.5 Å². The van der Waals surface area contributed by atoms with Gasteiger partial charge in [-0.15, -0.1) is 0 Å². The molecule has 28 heavy (non-hydrogen) atoms. The highest BCUT2D eigenvalue weighted by molar-refractivity contribution is 7.80. The van der Waals surface area contributed by atoms with Crippen molar-refractivity contribution in [2.24, 2.45) is 5.10 Å². The van der Waals surface area contributed by atoms with E-state index < -0.39 is 0 Å². The third-order valence-corrected chi connectivity index (χ3v) is 4.37. The van der Waals surface area contributed by atoms with E-state index in [1.165, 1.54) is 0 Å². The van der Waals surface area contributed by atoms with E-state index in [1.807, 2.05) is 55.5 Å². The lowest BCUT2D eigenvalue weighted by molar-refractivity contribution is 0.661. The fourth-order valence-corrected chi connectivity index (χ4v) is 3.03. The van der Waals surface area contributed by atoms with Crippen molar-refractivity contribution >= 4 is 45.6 Å². The quantitative estimate of drug-likeness (QED) is 0.281. The zero-order chi connectivity index (χ0) is 19.5. The summed E-state index contributed by atoms with van der Waals surface area (Å²) >= 11 is 5.04. The molecule has 0 radical (unpaired) electrons. The maximum Gasteiger partial charge on any atom is 0.294 e. The first-order valence-electron chi connectivity index (χ1n) is 8.74.